The second kappa shape index (κ2) is 7.90. The van der Waals surface area contributed by atoms with Gasteiger partial charge in [0.05, 0.1) is 28.0 Å². The standard InChI is InChI=1S/C19H21N3O6S/c1-12-10-21(11-18(28-12)14-6-4-3-5-7-14)19(23)16-8-15(29(20,26)27)9-17(13(16)2)22(24)25/h3-9,12,18H,10-11H2,1-2H3,(H2,20,26,27). The van der Waals surface area contributed by atoms with E-state index < -0.39 is 31.4 Å². The van der Waals surface area contributed by atoms with E-state index in [-0.39, 0.29) is 36.4 Å². The van der Waals surface area contributed by atoms with Gasteiger partial charge in [-0.25, -0.2) is 13.6 Å². The molecule has 0 aliphatic carbocycles. The SMILES string of the molecule is Cc1c(C(=O)N2CC(C)OC(c3ccccc3)C2)cc(S(N)(=O)=O)cc1[N+](=O)[O-]. The summed E-state index contributed by atoms with van der Waals surface area (Å²) < 4.78 is 29.5. The molecule has 1 aliphatic rings. The summed E-state index contributed by atoms with van der Waals surface area (Å²) in [5, 5.41) is 16.5. The van der Waals surface area contributed by atoms with Crippen LogP contribution in [-0.4, -0.2) is 43.3 Å². The number of sulfonamides is 1. The summed E-state index contributed by atoms with van der Waals surface area (Å²) in [6.07, 6.45) is -0.629. The topological polar surface area (TPSA) is 133 Å². The Labute approximate surface area is 168 Å². The van der Waals surface area contributed by atoms with Crippen molar-refractivity contribution in [1.29, 1.82) is 0 Å². The molecule has 3 rings (SSSR count). The van der Waals surface area contributed by atoms with Crippen LogP contribution in [0.4, 0.5) is 5.69 Å². The number of nitrogens with two attached hydrogens (primary N) is 1. The molecular formula is C19H21N3O6S. The van der Waals surface area contributed by atoms with Crippen molar-refractivity contribution < 1.29 is 22.9 Å². The molecule has 154 valence electrons. The third kappa shape index (κ3) is 4.44. The molecule has 2 N–H and O–H groups in total. The number of nitro benzene ring substituents is 1. The number of nitro groups is 1. The zero-order valence-electron chi connectivity index (χ0n) is 15.9. The molecule has 10 heteroatoms. The first-order valence-electron chi connectivity index (χ1n) is 8.89. The molecule has 1 amide bonds. The Balaban J connectivity index is 2.01. The van der Waals surface area contributed by atoms with Gasteiger partial charge < -0.3 is 9.64 Å². The molecule has 2 unspecified atom stereocenters. The third-order valence-corrected chi connectivity index (χ3v) is 5.72. The number of carbonyl (C=O) groups is 1. The Bertz CT molecular complexity index is 1060. The number of rotatable bonds is 4. The fourth-order valence-corrected chi connectivity index (χ4v) is 3.95. The van der Waals surface area contributed by atoms with Gasteiger partial charge >= 0.3 is 0 Å². The predicted molar refractivity (Wildman–Crippen MR) is 105 cm³/mol. The van der Waals surface area contributed by atoms with E-state index in [9.17, 15) is 23.3 Å². The summed E-state index contributed by atoms with van der Waals surface area (Å²) in [6.45, 7) is 3.75. The number of morpholine rings is 1. The van der Waals surface area contributed by atoms with Crippen LogP contribution in [-0.2, 0) is 14.8 Å². The van der Waals surface area contributed by atoms with Crippen molar-refractivity contribution in [3.05, 3.63) is 69.3 Å². The smallest absolute Gasteiger partial charge is 0.274 e. The molecule has 0 aromatic heterocycles. The highest BCUT2D eigenvalue weighted by atomic mass is 32.2. The van der Waals surface area contributed by atoms with Gasteiger partial charge in [-0.2, -0.15) is 0 Å². The lowest BCUT2D eigenvalue weighted by atomic mass is 10.0. The van der Waals surface area contributed by atoms with E-state index in [4.69, 9.17) is 9.88 Å². The van der Waals surface area contributed by atoms with Crippen LogP contribution >= 0.6 is 0 Å². The minimum absolute atomic E-state index is 0.0656. The van der Waals surface area contributed by atoms with Gasteiger partial charge in [0, 0.05) is 18.2 Å². The van der Waals surface area contributed by atoms with Crippen LogP contribution in [0, 0.1) is 17.0 Å². The Morgan fingerprint density at radius 1 is 1.24 bits per heavy atom. The fourth-order valence-electron chi connectivity index (χ4n) is 3.39. The summed E-state index contributed by atoms with van der Waals surface area (Å²) in [4.78, 5) is 24.9. The number of hydrogen-bond acceptors (Lipinski definition) is 6. The molecule has 29 heavy (non-hydrogen) atoms. The minimum Gasteiger partial charge on any atom is -0.367 e. The lowest BCUT2D eigenvalue weighted by molar-refractivity contribution is -0.385. The number of amides is 1. The summed E-state index contributed by atoms with van der Waals surface area (Å²) in [5.74, 6) is -0.507. The van der Waals surface area contributed by atoms with Gasteiger partial charge in [0.25, 0.3) is 11.6 Å². The highest BCUT2D eigenvalue weighted by Gasteiger charge is 2.32. The van der Waals surface area contributed by atoms with Crippen LogP contribution in [0.3, 0.4) is 0 Å². The van der Waals surface area contributed by atoms with Gasteiger partial charge in [0.2, 0.25) is 10.0 Å². The van der Waals surface area contributed by atoms with Gasteiger partial charge in [-0.3, -0.25) is 14.9 Å². The zero-order valence-corrected chi connectivity index (χ0v) is 16.8. The zero-order chi connectivity index (χ0) is 21.3. The van der Waals surface area contributed by atoms with Crippen molar-refractivity contribution in [1.82, 2.24) is 4.90 Å². The van der Waals surface area contributed by atoms with Crippen LogP contribution in [0.2, 0.25) is 0 Å². The number of hydrogen-bond donors (Lipinski definition) is 1. The summed E-state index contributed by atoms with van der Waals surface area (Å²) >= 11 is 0. The molecule has 1 heterocycles. The van der Waals surface area contributed by atoms with Crippen LogP contribution in [0.1, 0.15) is 34.5 Å². The van der Waals surface area contributed by atoms with Gasteiger partial charge in [-0.1, -0.05) is 30.3 Å². The largest absolute Gasteiger partial charge is 0.367 e. The van der Waals surface area contributed by atoms with Gasteiger partial charge in [0.1, 0.15) is 6.10 Å². The van der Waals surface area contributed by atoms with Crippen LogP contribution < -0.4 is 5.14 Å². The number of benzene rings is 2. The Morgan fingerprint density at radius 2 is 1.90 bits per heavy atom. The highest BCUT2D eigenvalue weighted by Crippen LogP contribution is 2.30. The Morgan fingerprint density at radius 3 is 2.48 bits per heavy atom. The maximum Gasteiger partial charge on any atom is 0.274 e. The second-order valence-corrected chi connectivity index (χ2v) is 8.53. The van der Waals surface area contributed by atoms with E-state index in [1.807, 2.05) is 37.3 Å². The molecule has 2 aromatic carbocycles. The van der Waals surface area contributed by atoms with Crippen molar-refractivity contribution in [2.45, 2.75) is 31.0 Å². The normalized spacial score (nSPS) is 19.8. The number of primary sulfonamides is 1. The average Bonchev–Trinajstić information content (AvgIpc) is 2.66. The lowest BCUT2D eigenvalue weighted by Crippen LogP contribution is -2.46. The van der Waals surface area contributed by atoms with Gasteiger partial charge in [-0.15, -0.1) is 0 Å². The second-order valence-electron chi connectivity index (χ2n) is 6.97. The van der Waals surface area contributed by atoms with Crippen molar-refractivity contribution in [3.63, 3.8) is 0 Å². The highest BCUT2D eigenvalue weighted by molar-refractivity contribution is 7.89. The molecule has 2 atom stereocenters. The van der Waals surface area contributed by atoms with Crippen molar-refractivity contribution >= 4 is 21.6 Å². The first kappa shape index (κ1) is 20.9. The quantitative estimate of drug-likeness (QED) is 0.596. The van der Waals surface area contributed by atoms with E-state index >= 15 is 0 Å². The molecule has 0 radical (unpaired) electrons. The third-order valence-electron chi connectivity index (χ3n) is 4.83. The monoisotopic (exact) mass is 419 g/mol. The van der Waals surface area contributed by atoms with Gasteiger partial charge in [-0.05, 0) is 25.5 Å². The fraction of sp³-hybridized carbons (Fsp3) is 0.316. The summed E-state index contributed by atoms with van der Waals surface area (Å²) in [7, 11) is -4.23. The van der Waals surface area contributed by atoms with Crippen LogP contribution in [0.25, 0.3) is 0 Å². The van der Waals surface area contributed by atoms with Crippen LogP contribution in [0.5, 0.6) is 0 Å². The van der Waals surface area contributed by atoms with E-state index in [0.717, 1.165) is 17.7 Å². The molecule has 0 bridgehead atoms. The number of ether oxygens (including phenoxy) is 1. The first-order chi connectivity index (χ1) is 13.6. The molecule has 1 fully saturated rings. The Hall–Kier alpha value is -2.82. The maximum absolute atomic E-state index is 13.2. The Kier molecular flexibility index (Phi) is 5.69. The molecule has 9 nitrogen and oxygen atoms in total. The molecule has 0 saturated carbocycles. The minimum atomic E-state index is -4.23. The van der Waals surface area contributed by atoms with Crippen molar-refractivity contribution in [2.24, 2.45) is 5.14 Å². The average molecular weight is 419 g/mol. The molecular weight excluding hydrogens is 398 g/mol. The molecule has 1 aliphatic heterocycles. The van der Waals surface area contributed by atoms with E-state index in [2.05, 4.69) is 0 Å². The maximum atomic E-state index is 13.2. The lowest BCUT2D eigenvalue weighted by Gasteiger charge is -2.37. The molecule has 1 saturated heterocycles. The van der Waals surface area contributed by atoms with Crippen LogP contribution in [0.15, 0.2) is 47.4 Å². The molecule has 0 spiro atoms. The number of nitrogens with zero attached hydrogens (tertiary/aromatic N) is 2. The number of carbonyl (C=O) groups excluding carboxylic acids is 1. The first-order valence-corrected chi connectivity index (χ1v) is 10.4. The summed E-state index contributed by atoms with van der Waals surface area (Å²) in [6, 6.07) is 11.4. The van der Waals surface area contributed by atoms with E-state index in [1.165, 1.54) is 11.8 Å². The molecule has 2 aromatic rings. The van der Waals surface area contributed by atoms with Crippen molar-refractivity contribution in [2.75, 3.05) is 13.1 Å². The van der Waals surface area contributed by atoms with Gasteiger partial charge in [0.15, 0.2) is 0 Å². The van der Waals surface area contributed by atoms with E-state index in [0.29, 0.717) is 0 Å². The van der Waals surface area contributed by atoms with Crippen molar-refractivity contribution in [3.8, 4) is 0 Å². The summed E-state index contributed by atoms with van der Waals surface area (Å²) in [5.41, 5.74) is 0.450. The predicted octanol–water partition coefficient (Wildman–Crippen LogP) is 2.15. The van der Waals surface area contributed by atoms with E-state index in [1.54, 1.807) is 0 Å².